The third kappa shape index (κ3) is 3.90. The first-order valence-corrected chi connectivity index (χ1v) is 6.89. The maximum atomic E-state index is 13.9. The molecule has 1 fully saturated rings. The molecule has 1 aromatic rings. The van der Waals surface area contributed by atoms with E-state index >= 15 is 0 Å². The molecule has 0 aliphatic heterocycles. The highest BCUT2D eigenvalue weighted by Gasteiger charge is 2.63. The van der Waals surface area contributed by atoms with Gasteiger partial charge in [-0.3, -0.25) is 0 Å². The van der Waals surface area contributed by atoms with Crippen molar-refractivity contribution in [3.63, 3.8) is 0 Å². The van der Waals surface area contributed by atoms with E-state index in [1.165, 1.54) is 7.11 Å². The number of methoxy groups -OCH3 is 1. The lowest BCUT2D eigenvalue weighted by Gasteiger charge is -2.05. The minimum atomic E-state index is -1.80. The number of ether oxygens (including phenoxy) is 1. The van der Waals surface area contributed by atoms with Crippen LogP contribution in [-0.2, 0) is 9.53 Å². The highest BCUT2D eigenvalue weighted by Crippen LogP contribution is 2.55. The average molecular weight is 329 g/mol. The first-order valence-electron chi connectivity index (χ1n) is 6.09. The monoisotopic (exact) mass is 328 g/mol. The zero-order chi connectivity index (χ0) is 14.5. The fourth-order valence-electron chi connectivity index (χ4n) is 1.71. The predicted octanol–water partition coefficient (Wildman–Crippen LogP) is 4.40. The van der Waals surface area contributed by atoms with Gasteiger partial charge in [0.1, 0.15) is 0 Å². The van der Waals surface area contributed by atoms with Gasteiger partial charge in [-0.1, -0.05) is 40.2 Å². The molecule has 0 amide bonds. The van der Waals surface area contributed by atoms with Gasteiger partial charge in [-0.25, -0.2) is 9.18 Å². The van der Waals surface area contributed by atoms with Gasteiger partial charge >= 0.3 is 5.97 Å². The summed E-state index contributed by atoms with van der Waals surface area (Å²) in [6.45, 7) is 4.00. The van der Waals surface area contributed by atoms with E-state index < -0.39 is 11.6 Å². The van der Waals surface area contributed by atoms with Gasteiger partial charge in [0.2, 0.25) is 5.67 Å². The number of esters is 1. The number of hydrogen-bond acceptors (Lipinski definition) is 2. The normalized spacial score (nSPS) is 24.6. The molecule has 0 aromatic heterocycles. The fraction of sp³-hybridized carbons (Fsp3) is 0.400. The second kappa shape index (κ2) is 6.85. The Hall–Kier alpha value is -1.16. The lowest BCUT2D eigenvalue weighted by molar-refractivity contribution is -0.148. The standard InChI is InChI=1S/C11H10BrFO2.C4H8/c1-15-10(14)11(13)6-9(11)7-2-4-8(12)5-3-7;1-3-4-2/h2-5,9H,6H2,1H3;3-4H,1-2H3/b;4-3-/t9?,11-;/m0./s1. The van der Waals surface area contributed by atoms with Crippen molar-refractivity contribution in [1.82, 2.24) is 0 Å². The number of rotatable bonds is 2. The number of carbonyl (C=O) groups is 1. The summed E-state index contributed by atoms with van der Waals surface area (Å²) in [5.41, 5.74) is -0.964. The molecule has 1 saturated carbocycles. The molecule has 104 valence electrons. The molecular formula is C15H18BrFO2. The van der Waals surface area contributed by atoms with E-state index in [2.05, 4.69) is 20.7 Å². The van der Waals surface area contributed by atoms with E-state index in [-0.39, 0.29) is 12.3 Å². The molecule has 2 atom stereocenters. The molecule has 1 aliphatic rings. The third-order valence-electron chi connectivity index (χ3n) is 3.02. The van der Waals surface area contributed by atoms with E-state index in [4.69, 9.17) is 0 Å². The number of hydrogen-bond donors (Lipinski definition) is 0. The summed E-state index contributed by atoms with van der Waals surface area (Å²) >= 11 is 3.30. The van der Waals surface area contributed by atoms with Crippen LogP contribution in [0.2, 0.25) is 0 Å². The maximum absolute atomic E-state index is 13.9. The van der Waals surface area contributed by atoms with Crippen LogP contribution < -0.4 is 0 Å². The van der Waals surface area contributed by atoms with Crippen LogP contribution in [0, 0.1) is 0 Å². The van der Waals surface area contributed by atoms with Crippen molar-refractivity contribution in [1.29, 1.82) is 0 Å². The van der Waals surface area contributed by atoms with Crippen molar-refractivity contribution >= 4 is 21.9 Å². The van der Waals surface area contributed by atoms with Crippen molar-refractivity contribution in [2.75, 3.05) is 7.11 Å². The van der Waals surface area contributed by atoms with Gasteiger partial charge in [0.25, 0.3) is 0 Å². The maximum Gasteiger partial charge on any atom is 0.344 e. The molecule has 19 heavy (non-hydrogen) atoms. The molecule has 2 rings (SSSR count). The van der Waals surface area contributed by atoms with Gasteiger partial charge in [-0.15, -0.1) is 0 Å². The lowest BCUT2D eigenvalue weighted by Crippen LogP contribution is -2.20. The molecule has 4 heteroatoms. The molecule has 0 heterocycles. The fourth-order valence-corrected chi connectivity index (χ4v) is 1.97. The average Bonchev–Trinajstić information content (AvgIpc) is 3.12. The van der Waals surface area contributed by atoms with E-state index in [1.807, 2.05) is 50.3 Å². The molecule has 0 saturated heterocycles. The van der Waals surface area contributed by atoms with Crippen LogP contribution in [0.3, 0.4) is 0 Å². The summed E-state index contributed by atoms with van der Waals surface area (Å²) in [5, 5.41) is 0. The minimum absolute atomic E-state index is 0.224. The summed E-state index contributed by atoms with van der Waals surface area (Å²) in [5.74, 6) is -1.12. The highest BCUT2D eigenvalue weighted by molar-refractivity contribution is 9.10. The molecule has 2 nitrogen and oxygen atoms in total. The molecule has 1 aromatic carbocycles. The zero-order valence-electron chi connectivity index (χ0n) is 11.3. The zero-order valence-corrected chi connectivity index (χ0v) is 12.9. The minimum Gasteiger partial charge on any atom is -0.467 e. The number of halogens is 2. The third-order valence-corrected chi connectivity index (χ3v) is 3.55. The molecule has 0 bridgehead atoms. The van der Waals surface area contributed by atoms with Crippen molar-refractivity contribution in [3.05, 3.63) is 46.5 Å². The summed E-state index contributed by atoms with van der Waals surface area (Å²) in [6.07, 6.45) is 4.22. The van der Waals surface area contributed by atoms with E-state index in [1.54, 1.807) is 0 Å². The predicted molar refractivity (Wildman–Crippen MR) is 77.8 cm³/mol. The molecule has 1 unspecified atom stereocenters. The Kier molecular flexibility index (Phi) is 5.73. The SMILES string of the molecule is C/C=C\C.COC(=O)[C@]1(F)CC1c1ccc(Br)cc1. The quantitative estimate of drug-likeness (QED) is 0.594. The van der Waals surface area contributed by atoms with E-state index in [0.29, 0.717) is 0 Å². The van der Waals surface area contributed by atoms with Gasteiger partial charge in [0, 0.05) is 16.8 Å². The van der Waals surface area contributed by atoms with Crippen molar-refractivity contribution in [3.8, 4) is 0 Å². The van der Waals surface area contributed by atoms with E-state index in [9.17, 15) is 9.18 Å². The topological polar surface area (TPSA) is 26.3 Å². The smallest absolute Gasteiger partial charge is 0.344 e. The van der Waals surface area contributed by atoms with Crippen LogP contribution in [0.1, 0.15) is 31.7 Å². The molecule has 0 N–H and O–H groups in total. The van der Waals surface area contributed by atoms with Gasteiger partial charge < -0.3 is 4.74 Å². The van der Waals surface area contributed by atoms with Crippen LogP contribution in [-0.4, -0.2) is 18.7 Å². The number of carbonyl (C=O) groups excluding carboxylic acids is 1. The Morgan fingerprint density at radius 1 is 1.37 bits per heavy atom. The van der Waals surface area contributed by atoms with Crippen molar-refractivity contribution in [2.45, 2.75) is 31.9 Å². The van der Waals surface area contributed by atoms with Gasteiger partial charge in [-0.05, 0) is 31.5 Å². The summed E-state index contributed by atoms with van der Waals surface area (Å²) < 4.78 is 19.2. The first kappa shape index (κ1) is 15.9. The summed E-state index contributed by atoms with van der Waals surface area (Å²) in [7, 11) is 1.21. The first-order chi connectivity index (χ1) is 8.99. The Morgan fingerprint density at radius 3 is 2.32 bits per heavy atom. The van der Waals surface area contributed by atoms with E-state index in [0.717, 1.165) is 10.0 Å². The van der Waals surface area contributed by atoms with Crippen molar-refractivity contribution in [2.24, 2.45) is 0 Å². The summed E-state index contributed by atoms with van der Waals surface area (Å²) in [6, 6.07) is 7.31. The molecule has 1 aliphatic carbocycles. The lowest BCUT2D eigenvalue weighted by atomic mass is 10.1. The Labute approximate surface area is 121 Å². The molecule has 0 spiro atoms. The highest BCUT2D eigenvalue weighted by atomic mass is 79.9. The summed E-state index contributed by atoms with van der Waals surface area (Å²) in [4.78, 5) is 11.1. The van der Waals surface area contributed by atoms with Crippen LogP contribution in [0.15, 0.2) is 40.9 Å². The van der Waals surface area contributed by atoms with Crippen LogP contribution in [0.25, 0.3) is 0 Å². The molecular weight excluding hydrogens is 311 g/mol. The van der Waals surface area contributed by atoms with Gasteiger partial charge in [0.15, 0.2) is 0 Å². The second-order valence-corrected chi connectivity index (χ2v) is 5.24. The Balaban J connectivity index is 0.000000399. The molecule has 0 radical (unpaired) electrons. The van der Waals surface area contributed by atoms with Crippen LogP contribution in [0.5, 0.6) is 0 Å². The number of alkyl halides is 1. The Bertz CT molecular complexity index is 452. The van der Waals surface area contributed by atoms with Crippen LogP contribution in [0.4, 0.5) is 4.39 Å². The van der Waals surface area contributed by atoms with Crippen LogP contribution >= 0.6 is 15.9 Å². The number of benzene rings is 1. The largest absolute Gasteiger partial charge is 0.467 e. The van der Waals surface area contributed by atoms with Crippen molar-refractivity contribution < 1.29 is 13.9 Å². The van der Waals surface area contributed by atoms with Gasteiger partial charge in [0.05, 0.1) is 7.11 Å². The van der Waals surface area contributed by atoms with Gasteiger partial charge in [-0.2, -0.15) is 0 Å². The number of allylic oxidation sites excluding steroid dienone is 2. The Morgan fingerprint density at radius 2 is 1.89 bits per heavy atom. The second-order valence-electron chi connectivity index (χ2n) is 4.33.